The first-order valence-corrected chi connectivity index (χ1v) is 7.41. The maximum absolute atomic E-state index is 10.9. The minimum absolute atomic E-state index is 0.139. The van der Waals surface area contributed by atoms with E-state index in [0.717, 1.165) is 24.0 Å². The Morgan fingerprint density at radius 1 is 1.09 bits per heavy atom. The number of hydrogen-bond donors (Lipinski definition) is 2. The fraction of sp³-hybridized carbons (Fsp3) is 0.158. The van der Waals surface area contributed by atoms with Crippen molar-refractivity contribution in [1.29, 1.82) is 0 Å². The van der Waals surface area contributed by atoms with Crippen molar-refractivity contribution in [3.05, 3.63) is 71.0 Å². The van der Waals surface area contributed by atoms with E-state index in [1.54, 1.807) is 18.2 Å². The lowest BCUT2D eigenvalue weighted by atomic mass is 9.85. The number of aliphatic hydroxyl groups excluding tert-OH is 1. The standard InChI is InChI=1S/C19H16O3/c20-16-8-4-3-7-14(16)15-11-22-17-10-9-12-5-1-2-6-13(12)18(17)19(15)21/h2-4,6-11,19-21H,1,5H2. The van der Waals surface area contributed by atoms with Gasteiger partial charge < -0.3 is 14.9 Å². The van der Waals surface area contributed by atoms with Gasteiger partial charge >= 0.3 is 0 Å². The van der Waals surface area contributed by atoms with E-state index in [9.17, 15) is 10.2 Å². The molecule has 0 bridgehead atoms. The zero-order valence-electron chi connectivity index (χ0n) is 12.0. The second-order valence-electron chi connectivity index (χ2n) is 5.60. The Morgan fingerprint density at radius 2 is 1.95 bits per heavy atom. The fourth-order valence-electron chi connectivity index (χ4n) is 3.18. The molecule has 1 unspecified atom stereocenters. The molecule has 0 spiro atoms. The molecule has 0 saturated carbocycles. The molecule has 1 aliphatic heterocycles. The summed E-state index contributed by atoms with van der Waals surface area (Å²) in [4.78, 5) is 0. The van der Waals surface area contributed by atoms with Gasteiger partial charge in [-0.2, -0.15) is 0 Å². The van der Waals surface area contributed by atoms with E-state index in [1.807, 2.05) is 12.1 Å². The molecule has 0 aromatic heterocycles. The van der Waals surface area contributed by atoms with Gasteiger partial charge in [0.1, 0.15) is 17.6 Å². The predicted molar refractivity (Wildman–Crippen MR) is 85.5 cm³/mol. The van der Waals surface area contributed by atoms with Gasteiger partial charge in [-0.25, -0.2) is 0 Å². The summed E-state index contributed by atoms with van der Waals surface area (Å²) in [6.45, 7) is 0. The van der Waals surface area contributed by atoms with Crippen LogP contribution in [0.4, 0.5) is 0 Å². The highest BCUT2D eigenvalue weighted by molar-refractivity contribution is 5.79. The summed E-state index contributed by atoms with van der Waals surface area (Å²) < 4.78 is 5.71. The van der Waals surface area contributed by atoms with Crippen molar-refractivity contribution in [2.45, 2.75) is 18.9 Å². The van der Waals surface area contributed by atoms with E-state index in [0.29, 0.717) is 16.9 Å². The second-order valence-corrected chi connectivity index (χ2v) is 5.60. The topological polar surface area (TPSA) is 49.7 Å². The molecule has 110 valence electrons. The van der Waals surface area contributed by atoms with Crippen LogP contribution in [0, 0.1) is 0 Å². The molecular weight excluding hydrogens is 276 g/mol. The largest absolute Gasteiger partial charge is 0.507 e. The van der Waals surface area contributed by atoms with Crippen molar-refractivity contribution in [3.63, 3.8) is 0 Å². The maximum atomic E-state index is 10.9. The normalized spacial score (nSPS) is 19.0. The lowest BCUT2D eigenvalue weighted by Gasteiger charge is -2.27. The fourth-order valence-corrected chi connectivity index (χ4v) is 3.18. The minimum atomic E-state index is -0.810. The lowest BCUT2D eigenvalue weighted by Crippen LogP contribution is -2.13. The second kappa shape index (κ2) is 5.04. The number of phenols is 1. The molecule has 0 radical (unpaired) electrons. The summed E-state index contributed by atoms with van der Waals surface area (Å²) in [6, 6.07) is 11.0. The number of allylic oxidation sites excluding steroid dienone is 1. The summed E-state index contributed by atoms with van der Waals surface area (Å²) in [5, 5.41) is 20.9. The molecule has 1 atom stereocenters. The third-order valence-electron chi connectivity index (χ3n) is 4.30. The summed E-state index contributed by atoms with van der Waals surface area (Å²) >= 11 is 0. The molecule has 1 aliphatic carbocycles. The van der Waals surface area contributed by atoms with Crippen LogP contribution in [0.3, 0.4) is 0 Å². The monoisotopic (exact) mass is 292 g/mol. The van der Waals surface area contributed by atoms with E-state index in [1.165, 1.54) is 11.8 Å². The SMILES string of the molecule is Oc1ccccc1C1=COc2ccc3c(c2C1O)C=CCC3. The van der Waals surface area contributed by atoms with Crippen LogP contribution in [0.1, 0.15) is 34.8 Å². The lowest BCUT2D eigenvalue weighted by molar-refractivity contribution is 0.223. The van der Waals surface area contributed by atoms with Crippen LogP contribution >= 0.6 is 0 Å². The molecule has 2 aliphatic rings. The Bertz CT molecular complexity index is 802. The number of aliphatic hydroxyl groups is 1. The van der Waals surface area contributed by atoms with Crippen LogP contribution in [-0.2, 0) is 6.42 Å². The average Bonchev–Trinajstić information content (AvgIpc) is 2.56. The number of aromatic hydroxyl groups is 1. The number of para-hydroxylation sites is 1. The molecule has 0 saturated heterocycles. The van der Waals surface area contributed by atoms with Gasteiger partial charge in [0.15, 0.2) is 0 Å². The van der Waals surface area contributed by atoms with E-state index < -0.39 is 6.10 Å². The van der Waals surface area contributed by atoms with Crippen LogP contribution in [0.5, 0.6) is 11.5 Å². The summed E-state index contributed by atoms with van der Waals surface area (Å²) in [6.07, 6.45) is 6.88. The molecule has 1 heterocycles. The van der Waals surface area contributed by atoms with Crippen molar-refractivity contribution in [2.75, 3.05) is 0 Å². The van der Waals surface area contributed by atoms with Crippen LogP contribution in [0.2, 0.25) is 0 Å². The summed E-state index contributed by atoms with van der Waals surface area (Å²) in [5.41, 5.74) is 4.23. The van der Waals surface area contributed by atoms with Gasteiger partial charge in [0.2, 0.25) is 0 Å². The van der Waals surface area contributed by atoms with Crippen molar-refractivity contribution >= 4 is 11.6 Å². The molecule has 3 heteroatoms. The van der Waals surface area contributed by atoms with E-state index >= 15 is 0 Å². The molecule has 22 heavy (non-hydrogen) atoms. The van der Waals surface area contributed by atoms with E-state index in [-0.39, 0.29) is 5.75 Å². The zero-order valence-corrected chi connectivity index (χ0v) is 12.0. The highest BCUT2D eigenvalue weighted by Gasteiger charge is 2.29. The van der Waals surface area contributed by atoms with Gasteiger partial charge in [0.25, 0.3) is 0 Å². The van der Waals surface area contributed by atoms with Gasteiger partial charge in [0, 0.05) is 16.7 Å². The molecule has 0 fully saturated rings. The van der Waals surface area contributed by atoms with Gasteiger partial charge in [-0.3, -0.25) is 0 Å². The number of aryl methyl sites for hydroxylation is 1. The average molecular weight is 292 g/mol. The quantitative estimate of drug-likeness (QED) is 0.840. The van der Waals surface area contributed by atoms with Crippen molar-refractivity contribution in [1.82, 2.24) is 0 Å². The van der Waals surface area contributed by atoms with Crippen molar-refractivity contribution in [2.24, 2.45) is 0 Å². The Kier molecular flexibility index (Phi) is 3.01. The Morgan fingerprint density at radius 3 is 2.82 bits per heavy atom. The van der Waals surface area contributed by atoms with Gasteiger partial charge in [-0.1, -0.05) is 36.4 Å². The van der Waals surface area contributed by atoms with E-state index in [2.05, 4.69) is 18.2 Å². The smallest absolute Gasteiger partial charge is 0.133 e. The third-order valence-corrected chi connectivity index (χ3v) is 4.30. The number of benzene rings is 2. The molecule has 4 rings (SSSR count). The summed E-state index contributed by atoms with van der Waals surface area (Å²) in [5.74, 6) is 0.817. The van der Waals surface area contributed by atoms with Crippen LogP contribution in [-0.4, -0.2) is 10.2 Å². The zero-order chi connectivity index (χ0) is 15.1. The number of fused-ring (bicyclic) bond motifs is 3. The number of phenolic OH excluding ortho intramolecular Hbond substituents is 1. The first-order chi connectivity index (χ1) is 10.8. The number of hydrogen-bond acceptors (Lipinski definition) is 3. The highest BCUT2D eigenvalue weighted by Crippen LogP contribution is 2.45. The molecule has 2 aromatic rings. The maximum Gasteiger partial charge on any atom is 0.133 e. The molecule has 2 N–H and O–H groups in total. The number of ether oxygens (including phenoxy) is 1. The van der Waals surface area contributed by atoms with Crippen molar-refractivity contribution < 1.29 is 14.9 Å². The Hall–Kier alpha value is -2.52. The van der Waals surface area contributed by atoms with Gasteiger partial charge in [0.05, 0.1) is 6.26 Å². The van der Waals surface area contributed by atoms with Gasteiger partial charge in [-0.05, 0) is 36.1 Å². The molecular formula is C19H16O3. The summed E-state index contributed by atoms with van der Waals surface area (Å²) in [7, 11) is 0. The third kappa shape index (κ3) is 1.94. The van der Waals surface area contributed by atoms with Crippen LogP contribution < -0.4 is 4.74 Å². The first kappa shape index (κ1) is 13.2. The van der Waals surface area contributed by atoms with Gasteiger partial charge in [-0.15, -0.1) is 0 Å². The minimum Gasteiger partial charge on any atom is -0.507 e. The van der Waals surface area contributed by atoms with E-state index in [4.69, 9.17) is 4.74 Å². The Labute approximate surface area is 128 Å². The van der Waals surface area contributed by atoms with Crippen LogP contribution in [0.25, 0.3) is 11.6 Å². The Balaban J connectivity index is 1.85. The first-order valence-electron chi connectivity index (χ1n) is 7.41. The molecule has 0 amide bonds. The highest BCUT2D eigenvalue weighted by atomic mass is 16.5. The van der Waals surface area contributed by atoms with Crippen LogP contribution in [0.15, 0.2) is 48.7 Å². The number of rotatable bonds is 1. The predicted octanol–water partition coefficient (Wildman–Crippen LogP) is 3.82. The molecule has 3 nitrogen and oxygen atoms in total. The molecule has 2 aromatic carbocycles. The van der Waals surface area contributed by atoms with Crippen molar-refractivity contribution in [3.8, 4) is 11.5 Å².